The van der Waals surface area contributed by atoms with Crippen LogP contribution in [0.4, 0.5) is 0 Å². The fourth-order valence-electron chi connectivity index (χ4n) is 2.39. The molecule has 1 heterocycles. The van der Waals surface area contributed by atoms with Gasteiger partial charge in [0, 0.05) is 12.5 Å². The van der Waals surface area contributed by atoms with Crippen LogP contribution < -0.4 is 15.4 Å². The molecule has 1 aliphatic heterocycles. The lowest BCUT2D eigenvalue weighted by atomic mass is 9.97. The van der Waals surface area contributed by atoms with E-state index in [1.54, 1.807) is 7.11 Å². The van der Waals surface area contributed by atoms with Crippen molar-refractivity contribution in [2.24, 2.45) is 5.92 Å². The lowest BCUT2D eigenvalue weighted by Crippen LogP contribution is -2.38. The molecule has 20 heavy (non-hydrogen) atoms. The first kappa shape index (κ1) is 16.8. The van der Waals surface area contributed by atoms with Gasteiger partial charge in [0.15, 0.2) is 0 Å². The predicted molar refractivity (Wildman–Crippen MR) is 82.5 cm³/mol. The molecule has 0 bridgehead atoms. The highest BCUT2D eigenvalue weighted by atomic mass is 35.5. The molecule has 2 N–H and O–H groups in total. The Morgan fingerprint density at radius 2 is 2.15 bits per heavy atom. The number of halogens is 1. The summed E-state index contributed by atoms with van der Waals surface area (Å²) in [6, 6.07) is 7.97. The molecule has 1 aromatic rings. The van der Waals surface area contributed by atoms with Gasteiger partial charge in [-0.2, -0.15) is 0 Å². The van der Waals surface area contributed by atoms with Gasteiger partial charge in [0.2, 0.25) is 5.91 Å². The van der Waals surface area contributed by atoms with E-state index in [1.165, 1.54) is 5.56 Å². The first-order valence-corrected chi connectivity index (χ1v) is 6.91. The van der Waals surface area contributed by atoms with E-state index < -0.39 is 0 Å². The molecule has 1 aliphatic rings. The topological polar surface area (TPSA) is 50.4 Å². The third kappa shape index (κ3) is 5.02. The van der Waals surface area contributed by atoms with Gasteiger partial charge >= 0.3 is 0 Å². The van der Waals surface area contributed by atoms with E-state index in [1.807, 2.05) is 18.2 Å². The first-order chi connectivity index (χ1) is 9.29. The van der Waals surface area contributed by atoms with Crippen LogP contribution in [0.1, 0.15) is 18.4 Å². The summed E-state index contributed by atoms with van der Waals surface area (Å²) in [6.07, 6.45) is 2.74. The van der Waals surface area contributed by atoms with Crippen LogP contribution in [0, 0.1) is 5.92 Å². The van der Waals surface area contributed by atoms with Crippen LogP contribution in [-0.4, -0.2) is 32.7 Å². The Morgan fingerprint density at radius 1 is 1.40 bits per heavy atom. The van der Waals surface area contributed by atoms with Gasteiger partial charge in [0.1, 0.15) is 5.75 Å². The van der Waals surface area contributed by atoms with Crippen LogP contribution >= 0.6 is 12.4 Å². The van der Waals surface area contributed by atoms with E-state index in [4.69, 9.17) is 4.74 Å². The standard InChI is InChI=1S/C15H22N2O2.ClH/c1-19-14-4-2-3-12(11-14)5-10-17-15(18)13-6-8-16-9-7-13;/h2-4,11,13,16H,5-10H2,1H3,(H,17,18);1H. The Balaban J connectivity index is 0.00000200. The number of methoxy groups -OCH3 is 1. The first-order valence-electron chi connectivity index (χ1n) is 6.91. The Bertz CT molecular complexity index is 420. The van der Waals surface area contributed by atoms with Gasteiger partial charge in [-0.3, -0.25) is 4.79 Å². The zero-order valence-electron chi connectivity index (χ0n) is 11.9. The third-order valence-electron chi connectivity index (χ3n) is 3.56. The highest BCUT2D eigenvalue weighted by molar-refractivity contribution is 5.85. The number of carbonyl (C=O) groups excluding carboxylic acids is 1. The van der Waals surface area contributed by atoms with E-state index in [2.05, 4.69) is 16.7 Å². The molecule has 0 radical (unpaired) electrons. The Hall–Kier alpha value is -1.26. The van der Waals surface area contributed by atoms with Crippen LogP contribution in [0.5, 0.6) is 5.75 Å². The Kier molecular flexibility index (Phi) is 7.41. The molecule has 0 aromatic heterocycles. The van der Waals surface area contributed by atoms with Crippen molar-refractivity contribution in [2.45, 2.75) is 19.3 Å². The second-order valence-corrected chi connectivity index (χ2v) is 4.92. The Labute approximate surface area is 126 Å². The van der Waals surface area contributed by atoms with Gasteiger partial charge in [-0.15, -0.1) is 12.4 Å². The summed E-state index contributed by atoms with van der Waals surface area (Å²) >= 11 is 0. The average molecular weight is 299 g/mol. The molecule has 0 saturated carbocycles. The zero-order valence-corrected chi connectivity index (χ0v) is 12.7. The summed E-state index contributed by atoms with van der Waals surface area (Å²) in [5.41, 5.74) is 1.19. The second-order valence-electron chi connectivity index (χ2n) is 4.92. The molecular formula is C15H23ClN2O2. The van der Waals surface area contributed by atoms with Crippen molar-refractivity contribution in [1.82, 2.24) is 10.6 Å². The van der Waals surface area contributed by atoms with Crippen molar-refractivity contribution in [2.75, 3.05) is 26.7 Å². The summed E-state index contributed by atoms with van der Waals surface area (Å²) in [4.78, 5) is 11.9. The van der Waals surface area contributed by atoms with Crippen LogP contribution in [0.25, 0.3) is 0 Å². The molecule has 0 aliphatic carbocycles. The number of amides is 1. The van der Waals surface area contributed by atoms with Crippen LogP contribution in [0.2, 0.25) is 0 Å². The van der Waals surface area contributed by atoms with E-state index in [0.29, 0.717) is 6.54 Å². The number of hydrogen-bond acceptors (Lipinski definition) is 3. The third-order valence-corrected chi connectivity index (χ3v) is 3.56. The van der Waals surface area contributed by atoms with Gasteiger partial charge < -0.3 is 15.4 Å². The van der Waals surface area contributed by atoms with E-state index in [-0.39, 0.29) is 24.2 Å². The number of benzene rings is 1. The summed E-state index contributed by atoms with van der Waals surface area (Å²) in [7, 11) is 1.66. The fraction of sp³-hybridized carbons (Fsp3) is 0.533. The molecule has 1 saturated heterocycles. The van der Waals surface area contributed by atoms with Crippen LogP contribution in [-0.2, 0) is 11.2 Å². The highest BCUT2D eigenvalue weighted by Gasteiger charge is 2.20. The maximum Gasteiger partial charge on any atom is 0.223 e. The Morgan fingerprint density at radius 3 is 2.85 bits per heavy atom. The lowest BCUT2D eigenvalue weighted by molar-refractivity contribution is -0.125. The monoisotopic (exact) mass is 298 g/mol. The SMILES string of the molecule is COc1cccc(CCNC(=O)C2CCNCC2)c1.Cl. The quantitative estimate of drug-likeness (QED) is 0.871. The molecule has 5 heteroatoms. The van der Waals surface area contributed by atoms with Crippen molar-refractivity contribution < 1.29 is 9.53 Å². The molecule has 1 aromatic carbocycles. The van der Waals surface area contributed by atoms with Crippen molar-refractivity contribution in [3.63, 3.8) is 0 Å². The molecule has 0 atom stereocenters. The zero-order chi connectivity index (χ0) is 13.5. The summed E-state index contributed by atoms with van der Waals surface area (Å²) in [5.74, 6) is 1.25. The number of ether oxygens (including phenoxy) is 1. The summed E-state index contributed by atoms with van der Waals surface area (Å²) in [5, 5.41) is 6.30. The lowest BCUT2D eigenvalue weighted by Gasteiger charge is -2.21. The van der Waals surface area contributed by atoms with Gasteiger partial charge in [-0.25, -0.2) is 0 Å². The number of carbonyl (C=O) groups is 1. The highest BCUT2D eigenvalue weighted by Crippen LogP contribution is 2.13. The predicted octanol–water partition coefficient (Wildman–Crippen LogP) is 1.78. The van der Waals surface area contributed by atoms with E-state index in [0.717, 1.165) is 38.1 Å². The average Bonchev–Trinajstić information content (AvgIpc) is 2.48. The van der Waals surface area contributed by atoms with Gasteiger partial charge in [-0.05, 0) is 50.0 Å². The van der Waals surface area contributed by atoms with E-state index >= 15 is 0 Å². The van der Waals surface area contributed by atoms with Crippen LogP contribution in [0.3, 0.4) is 0 Å². The molecule has 112 valence electrons. The molecule has 0 unspecified atom stereocenters. The number of hydrogen-bond donors (Lipinski definition) is 2. The maximum atomic E-state index is 11.9. The minimum absolute atomic E-state index is 0. The normalized spacial score (nSPS) is 15.2. The van der Waals surface area contributed by atoms with Gasteiger partial charge in [-0.1, -0.05) is 12.1 Å². The largest absolute Gasteiger partial charge is 0.497 e. The van der Waals surface area contributed by atoms with Crippen LogP contribution in [0.15, 0.2) is 24.3 Å². The molecular weight excluding hydrogens is 276 g/mol. The molecule has 0 spiro atoms. The van der Waals surface area contributed by atoms with Crippen molar-refractivity contribution >= 4 is 18.3 Å². The molecule has 4 nitrogen and oxygen atoms in total. The van der Waals surface area contributed by atoms with Gasteiger partial charge in [0.25, 0.3) is 0 Å². The minimum Gasteiger partial charge on any atom is -0.497 e. The molecule has 1 amide bonds. The number of piperidine rings is 1. The summed E-state index contributed by atoms with van der Waals surface area (Å²) in [6.45, 7) is 2.60. The summed E-state index contributed by atoms with van der Waals surface area (Å²) < 4.78 is 5.18. The maximum absolute atomic E-state index is 11.9. The second kappa shape index (κ2) is 8.82. The van der Waals surface area contributed by atoms with Crippen molar-refractivity contribution in [3.05, 3.63) is 29.8 Å². The minimum atomic E-state index is 0. The number of nitrogens with one attached hydrogen (secondary N) is 2. The fourth-order valence-corrected chi connectivity index (χ4v) is 2.39. The van der Waals surface area contributed by atoms with Crippen molar-refractivity contribution in [1.29, 1.82) is 0 Å². The molecule has 2 rings (SSSR count). The number of rotatable bonds is 5. The van der Waals surface area contributed by atoms with Crippen molar-refractivity contribution in [3.8, 4) is 5.75 Å². The van der Waals surface area contributed by atoms with E-state index in [9.17, 15) is 4.79 Å². The van der Waals surface area contributed by atoms with Gasteiger partial charge in [0.05, 0.1) is 7.11 Å². The molecule has 1 fully saturated rings. The smallest absolute Gasteiger partial charge is 0.223 e.